The maximum absolute atomic E-state index is 11.9. The highest BCUT2D eigenvalue weighted by Gasteiger charge is 2.19. The van der Waals surface area contributed by atoms with Crippen LogP contribution in [0.2, 0.25) is 0 Å². The molecule has 1 aromatic rings. The Hall–Kier alpha value is -2.04. The summed E-state index contributed by atoms with van der Waals surface area (Å²) in [6.07, 6.45) is 0.841. The molecule has 104 valence electrons. The molecule has 0 fully saturated rings. The summed E-state index contributed by atoms with van der Waals surface area (Å²) in [6.45, 7) is 3.63. The van der Waals surface area contributed by atoms with Gasteiger partial charge >= 0.3 is 11.9 Å². The van der Waals surface area contributed by atoms with E-state index in [-0.39, 0.29) is 12.0 Å². The zero-order chi connectivity index (χ0) is 14.4. The molecule has 1 rings (SSSR count). The maximum Gasteiger partial charge on any atom is 0.349 e. The van der Waals surface area contributed by atoms with Crippen molar-refractivity contribution in [3.8, 4) is 11.5 Å². The maximum atomic E-state index is 11.9. The molecule has 0 saturated carbocycles. The molecule has 0 aliphatic carbocycles. The highest BCUT2D eigenvalue weighted by Crippen LogP contribution is 2.29. The fourth-order valence-electron chi connectivity index (χ4n) is 1.63. The van der Waals surface area contributed by atoms with Gasteiger partial charge in [0.05, 0.1) is 14.2 Å². The monoisotopic (exact) mass is 266 g/mol. The molecular weight excluding hydrogens is 248 g/mol. The minimum absolute atomic E-state index is 0.212. The Kier molecular flexibility index (Phi) is 5.36. The summed E-state index contributed by atoms with van der Waals surface area (Å²) in [6, 6.07) is 3.18. The van der Waals surface area contributed by atoms with Gasteiger partial charge in [0.15, 0.2) is 0 Å². The molecule has 0 heterocycles. The average molecular weight is 266 g/mol. The van der Waals surface area contributed by atoms with Crippen LogP contribution in [0.5, 0.6) is 11.5 Å². The number of ether oxygens (including phenoxy) is 3. The normalized spacial score (nSPS) is 9.89. The predicted octanol–water partition coefficient (Wildman–Crippen LogP) is 2.50. The van der Waals surface area contributed by atoms with Crippen LogP contribution in [0.4, 0.5) is 0 Å². The molecular formula is C14H18O5. The first-order valence-electron chi connectivity index (χ1n) is 6.01. The van der Waals surface area contributed by atoms with Crippen molar-refractivity contribution in [3.63, 3.8) is 0 Å². The van der Waals surface area contributed by atoms with Crippen LogP contribution in [0.25, 0.3) is 0 Å². The predicted molar refractivity (Wildman–Crippen MR) is 69.6 cm³/mol. The first-order valence-corrected chi connectivity index (χ1v) is 6.01. The van der Waals surface area contributed by atoms with Gasteiger partial charge in [-0.15, -0.1) is 0 Å². The Morgan fingerprint density at radius 1 is 1.11 bits per heavy atom. The molecule has 0 bridgehead atoms. The summed E-state index contributed by atoms with van der Waals surface area (Å²) in [5.74, 6) is -0.325. The molecule has 0 unspecified atom stereocenters. The summed E-state index contributed by atoms with van der Waals surface area (Å²) in [4.78, 5) is 23.2. The first kappa shape index (κ1) is 15.0. The number of carbonyl (C=O) groups excluding carboxylic acids is 2. The van der Waals surface area contributed by atoms with Crippen molar-refractivity contribution in [1.29, 1.82) is 0 Å². The molecule has 1 aromatic carbocycles. The fourth-order valence-corrected chi connectivity index (χ4v) is 1.63. The first-order chi connectivity index (χ1) is 9.03. The van der Waals surface area contributed by atoms with Gasteiger partial charge in [-0.25, -0.2) is 4.79 Å². The molecule has 5 nitrogen and oxygen atoms in total. The van der Waals surface area contributed by atoms with E-state index in [9.17, 15) is 9.59 Å². The van der Waals surface area contributed by atoms with Gasteiger partial charge in [0.25, 0.3) is 0 Å². The second-order valence-electron chi connectivity index (χ2n) is 4.03. The van der Waals surface area contributed by atoms with E-state index in [0.717, 1.165) is 5.56 Å². The topological polar surface area (TPSA) is 61.8 Å². The van der Waals surface area contributed by atoms with Crippen molar-refractivity contribution in [2.24, 2.45) is 0 Å². The Bertz CT molecular complexity index is 479. The van der Waals surface area contributed by atoms with Gasteiger partial charge < -0.3 is 14.2 Å². The van der Waals surface area contributed by atoms with Crippen LogP contribution >= 0.6 is 0 Å². The average Bonchev–Trinajstić information content (AvgIpc) is 2.38. The molecule has 0 aromatic heterocycles. The van der Waals surface area contributed by atoms with Crippen LogP contribution in [-0.2, 0) is 9.53 Å². The van der Waals surface area contributed by atoms with Crippen molar-refractivity contribution in [3.05, 3.63) is 23.3 Å². The van der Waals surface area contributed by atoms with Crippen LogP contribution in [0, 0.1) is 6.92 Å². The summed E-state index contributed by atoms with van der Waals surface area (Å²) < 4.78 is 15.0. The minimum atomic E-state index is -0.707. The van der Waals surface area contributed by atoms with Gasteiger partial charge in [-0.05, 0) is 25.0 Å². The third-order valence-electron chi connectivity index (χ3n) is 2.60. The lowest BCUT2D eigenvalue weighted by molar-refractivity contribution is -0.137. The molecule has 0 atom stereocenters. The molecule has 5 heteroatoms. The van der Waals surface area contributed by atoms with E-state index < -0.39 is 11.9 Å². The lowest BCUT2D eigenvalue weighted by Gasteiger charge is -2.11. The number of carbonyl (C=O) groups is 2. The Balaban J connectivity index is 3.02. The zero-order valence-corrected chi connectivity index (χ0v) is 11.6. The number of methoxy groups -OCH3 is 2. The fraction of sp³-hybridized carbons (Fsp3) is 0.429. The SMILES string of the molecule is CCCC(=O)OC(=O)c1cc(C)c(OC)cc1OC. The molecule has 0 radical (unpaired) electrons. The Labute approximate surface area is 112 Å². The summed E-state index contributed by atoms with van der Waals surface area (Å²) in [5, 5.41) is 0. The smallest absolute Gasteiger partial charge is 0.349 e. The minimum Gasteiger partial charge on any atom is -0.496 e. The van der Waals surface area contributed by atoms with Crippen LogP contribution < -0.4 is 9.47 Å². The molecule has 0 saturated heterocycles. The quantitative estimate of drug-likeness (QED) is 0.605. The lowest BCUT2D eigenvalue weighted by Crippen LogP contribution is -2.13. The number of esters is 2. The van der Waals surface area contributed by atoms with Crippen molar-refractivity contribution >= 4 is 11.9 Å². The lowest BCUT2D eigenvalue weighted by atomic mass is 10.1. The van der Waals surface area contributed by atoms with Crippen molar-refractivity contribution in [2.75, 3.05) is 14.2 Å². The number of benzene rings is 1. The van der Waals surface area contributed by atoms with Gasteiger partial charge in [0.2, 0.25) is 0 Å². The van der Waals surface area contributed by atoms with E-state index in [4.69, 9.17) is 14.2 Å². The molecule has 0 aliphatic heterocycles. The zero-order valence-electron chi connectivity index (χ0n) is 11.6. The van der Waals surface area contributed by atoms with Gasteiger partial charge in [-0.2, -0.15) is 0 Å². The summed E-state index contributed by atoms with van der Waals surface area (Å²) in [7, 11) is 2.97. The van der Waals surface area contributed by atoms with E-state index in [1.165, 1.54) is 14.2 Å². The van der Waals surface area contributed by atoms with E-state index in [1.54, 1.807) is 19.1 Å². The van der Waals surface area contributed by atoms with Gasteiger partial charge in [-0.1, -0.05) is 6.92 Å². The van der Waals surface area contributed by atoms with Crippen LogP contribution in [-0.4, -0.2) is 26.2 Å². The standard InChI is InChI=1S/C14H18O5/c1-5-6-13(15)19-14(16)10-7-9(2)11(17-3)8-12(10)18-4/h7-8H,5-6H2,1-4H3. The summed E-state index contributed by atoms with van der Waals surface area (Å²) >= 11 is 0. The Morgan fingerprint density at radius 2 is 1.74 bits per heavy atom. The molecule has 0 spiro atoms. The molecule has 19 heavy (non-hydrogen) atoms. The van der Waals surface area contributed by atoms with E-state index in [0.29, 0.717) is 17.9 Å². The second kappa shape index (κ2) is 6.78. The number of rotatable bonds is 5. The number of aryl methyl sites for hydroxylation is 1. The third-order valence-corrected chi connectivity index (χ3v) is 2.60. The molecule has 0 N–H and O–H groups in total. The molecule has 0 aliphatic rings. The van der Waals surface area contributed by atoms with Crippen LogP contribution in [0.15, 0.2) is 12.1 Å². The van der Waals surface area contributed by atoms with Crippen molar-refractivity contribution < 1.29 is 23.8 Å². The van der Waals surface area contributed by atoms with Crippen molar-refractivity contribution in [1.82, 2.24) is 0 Å². The molecule has 0 amide bonds. The third kappa shape index (κ3) is 3.71. The van der Waals surface area contributed by atoms with Crippen molar-refractivity contribution in [2.45, 2.75) is 26.7 Å². The highest BCUT2D eigenvalue weighted by molar-refractivity contribution is 5.99. The Morgan fingerprint density at radius 3 is 2.26 bits per heavy atom. The second-order valence-corrected chi connectivity index (χ2v) is 4.03. The van der Waals surface area contributed by atoms with Crippen LogP contribution in [0.1, 0.15) is 35.7 Å². The summed E-state index contributed by atoms with van der Waals surface area (Å²) in [5.41, 5.74) is 0.975. The number of hydrogen-bond donors (Lipinski definition) is 0. The number of hydrogen-bond acceptors (Lipinski definition) is 5. The van der Waals surface area contributed by atoms with E-state index in [2.05, 4.69) is 0 Å². The van der Waals surface area contributed by atoms with E-state index >= 15 is 0 Å². The van der Waals surface area contributed by atoms with Gasteiger partial charge in [0.1, 0.15) is 17.1 Å². The highest BCUT2D eigenvalue weighted by atomic mass is 16.6. The van der Waals surface area contributed by atoms with Gasteiger partial charge in [0, 0.05) is 12.5 Å². The van der Waals surface area contributed by atoms with E-state index in [1.807, 2.05) is 6.92 Å². The largest absolute Gasteiger partial charge is 0.496 e. The van der Waals surface area contributed by atoms with Crippen LogP contribution in [0.3, 0.4) is 0 Å². The van der Waals surface area contributed by atoms with Gasteiger partial charge in [-0.3, -0.25) is 4.79 Å².